The number of hydrogen-bond donors (Lipinski definition) is 1. The van der Waals surface area contributed by atoms with E-state index in [0.29, 0.717) is 23.3 Å². The van der Waals surface area contributed by atoms with Gasteiger partial charge >= 0.3 is 6.18 Å². The number of aromatic nitrogens is 2. The summed E-state index contributed by atoms with van der Waals surface area (Å²) in [6, 6.07) is 8.83. The fourth-order valence-corrected chi connectivity index (χ4v) is 2.35. The van der Waals surface area contributed by atoms with Crippen LogP contribution in [-0.4, -0.2) is 16.1 Å². The number of rotatable bonds is 5. The van der Waals surface area contributed by atoms with Crippen molar-refractivity contribution in [2.75, 3.05) is 0 Å². The van der Waals surface area contributed by atoms with Crippen LogP contribution in [0, 0.1) is 11.3 Å². The maximum atomic E-state index is 12.4. The molecule has 1 amide bonds. The molecular formula is C14H11F3N4OS. The van der Waals surface area contributed by atoms with E-state index in [4.69, 9.17) is 5.26 Å². The SMILES string of the molecule is N#Cc1ccc(CCC(=O)NCc2nnc(C(F)(F)F)s2)cc1. The van der Waals surface area contributed by atoms with Crippen molar-refractivity contribution in [2.24, 2.45) is 0 Å². The molecule has 0 saturated heterocycles. The first kappa shape index (κ1) is 16.9. The van der Waals surface area contributed by atoms with Gasteiger partial charge in [0.2, 0.25) is 10.9 Å². The summed E-state index contributed by atoms with van der Waals surface area (Å²) in [5.41, 5.74) is 1.43. The maximum Gasteiger partial charge on any atom is 0.445 e. The largest absolute Gasteiger partial charge is 0.445 e. The molecule has 2 aromatic rings. The second-order valence-corrected chi connectivity index (χ2v) is 5.65. The number of benzene rings is 1. The molecule has 1 N–H and O–H groups in total. The van der Waals surface area contributed by atoms with Gasteiger partial charge in [-0.1, -0.05) is 23.5 Å². The number of carbonyl (C=O) groups excluding carboxylic acids is 1. The Morgan fingerprint density at radius 2 is 1.96 bits per heavy atom. The number of alkyl halides is 3. The molecule has 5 nitrogen and oxygen atoms in total. The van der Waals surface area contributed by atoms with Crippen molar-refractivity contribution in [1.29, 1.82) is 5.26 Å². The van der Waals surface area contributed by atoms with Crippen LogP contribution in [-0.2, 0) is 23.9 Å². The minimum absolute atomic E-state index is 0.0834. The molecule has 0 aliphatic rings. The van der Waals surface area contributed by atoms with E-state index >= 15 is 0 Å². The van der Waals surface area contributed by atoms with E-state index in [0.717, 1.165) is 5.56 Å². The number of nitriles is 1. The molecule has 0 aliphatic heterocycles. The Balaban J connectivity index is 1.79. The van der Waals surface area contributed by atoms with Crippen molar-refractivity contribution in [2.45, 2.75) is 25.6 Å². The molecule has 1 aromatic carbocycles. The zero-order valence-corrected chi connectivity index (χ0v) is 12.5. The van der Waals surface area contributed by atoms with Crippen LogP contribution in [0.3, 0.4) is 0 Å². The number of halogens is 3. The number of nitrogens with one attached hydrogen (secondary N) is 1. The lowest BCUT2D eigenvalue weighted by Crippen LogP contribution is -2.22. The van der Waals surface area contributed by atoms with Gasteiger partial charge in [-0.05, 0) is 24.1 Å². The van der Waals surface area contributed by atoms with Crippen LogP contribution in [0.1, 0.15) is 27.6 Å². The van der Waals surface area contributed by atoms with Crippen LogP contribution >= 0.6 is 11.3 Å². The molecule has 9 heteroatoms. The molecule has 1 heterocycles. The Hall–Kier alpha value is -2.47. The predicted molar refractivity (Wildman–Crippen MR) is 76.2 cm³/mol. The van der Waals surface area contributed by atoms with Crippen molar-refractivity contribution >= 4 is 17.2 Å². The topological polar surface area (TPSA) is 78.7 Å². The van der Waals surface area contributed by atoms with Gasteiger partial charge in [-0.15, -0.1) is 10.2 Å². The summed E-state index contributed by atoms with van der Waals surface area (Å²) in [4.78, 5) is 11.7. The van der Waals surface area contributed by atoms with Gasteiger partial charge in [-0.25, -0.2) is 0 Å². The Morgan fingerprint density at radius 3 is 2.52 bits per heavy atom. The van der Waals surface area contributed by atoms with Crippen LogP contribution in [0.4, 0.5) is 13.2 Å². The van der Waals surface area contributed by atoms with Gasteiger partial charge in [0, 0.05) is 6.42 Å². The highest BCUT2D eigenvalue weighted by Gasteiger charge is 2.35. The Bertz CT molecular complexity index is 719. The number of nitrogens with zero attached hydrogens (tertiary/aromatic N) is 3. The van der Waals surface area contributed by atoms with E-state index < -0.39 is 11.2 Å². The summed E-state index contributed by atoms with van der Waals surface area (Å²) in [7, 11) is 0. The molecule has 2 rings (SSSR count). The first-order valence-electron chi connectivity index (χ1n) is 6.54. The number of aryl methyl sites for hydroxylation is 1. The van der Waals surface area contributed by atoms with E-state index in [9.17, 15) is 18.0 Å². The quantitative estimate of drug-likeness (QED) is 0.908. The lowest BCUT2D eigenvalue weighted by atomic mass is 10.1. The highest BCUT2D eigenvalue weighted by Crippen LogP contribution is 2.31. The normalized spacial score (nSPS) is 11.0. The predicted octanol–water partition coefficient (Wildman–Crippen LogP) is 2.68. The lowest BCUT2D eigenvalue weighted by molar-refractivity contribution is -0.138. The van der Waals surface area contributed by atoms with Crippen LogP contribution in [0.25, 0.3) is 0 Å². The van der Waals surface area contributed by atoms with Gasteiger partial charge in [0.05, 0.1) is 18.2 Å². The third kappa shape index (κ3) is 5.03. The highest BCUT2D eigenvalue weighted by molar-refractivity contribution is 7.11. The fourth-order valence-electron chi connectivity index (χ4n) is 1.71. The smallest absolute Gasteiger partial charge is 0.350 e. The van der Waals surface area contributed by atoms with Gasteiger partial charge < -0.3 is 5.32 Å². The molecule has 1 aromatic heterocycles. The molecule has 0 spiro atoms. The van der Waals surface area contributed by atoms with Gasteiger partial charge in [-0.2, -0.15) is 18.4 Å². The summed E-state index contributed by atoms with van der Waals surface area (Å²) in [6.45, 7) is -0.0834. The van der Waals surface area contributed by atoms with Gasteiger partial charge in [0.15, 0.2) is 0 Å². The van der Waals surface area contributed by atoms with Crippen molar-refractivity contribution < 1.29 is 18.0 Å². The van der Waals surface area contributed by atoms with Gasteiger partial charge in [-0.3, -0.25) is 4.79 Å². The summed E-state index contributed by atoms with van der Waals surface area (Å²) >= 11 is 0.408. The minimum atomic E-state index is -4.52. The summed E-state index contributed by atoms with van der Waals surface area (Å²) in [6.07, 6.45) is -3.85. The summed E-state index contributed by atoms with van der Waals surface area (Å²) < 4.78 is 37.1. The maximum absolute atomic E-state index is 12.4. The van der Waals surface area contributed by atoms with E-state index in [1.54, 1.807) is 24.3 Å². The van der Waals surface area contributed by atoms with E-state index in [1.807, 2.05) is 6.07 Å². The first-order valence-corrected chi connectivity index (χ1v) is 7.35. The molecule has 0 fully saturated rings. The molecular weight excluding hydrogens is 329 g/mol. The van der Waals surface area contributed by atoms with Crippen molar-refractivity contribution in [1.82, 2.24) is 15.5 Å². The average molecular weight is 340 g/mol. The number of hydrogen-bond acceptors (Lipinski definition) is 5. The van der Waals surface area contributed by atoms with Crippen LogP contribution < -0.4 is 5.32 Å². The monoisotopic (exact) mass is 340 g/mol. The van der Waals surface area contributed by atoms with E-state index in [-0.39, 0.29) is 23.9 Å². The Kier molecular flexibility index (Phi) is 5.28. The minimum Gasteiger partial charge on any atom is -0.350 e. The molecule has 0 atom stereocenters. The molecule has 0 unspecified atom stereocenters. The summed E-state index contributed by atoms with van der Waals surface area (Å²) in [5, 5.41) is 16.7. The Morgan fingerprint density at radius 1 is 1.26 bits per heavy atom. The third-order valence-electron chi connectivity index (χ3n) is 2.87. The Labute approximate surface area is 133 Å². The molecule has 0 aliphatic carbocycles. The van der Waals surface area contributed by atoms with Gasteiger partial charge in [0.25, 0.3) is 0 Å². The molecule has 120 valence electrons. The summed E-state index contributed by atoms with van der Waals surface area (Å²) in [5.74, 6) is -0.293. The highest BCUT2D eigenvalue weighted by atomic mass is 32.1. The first-order chi connectivity index (χ1) is 10.9. The second kappa shape index (κ2) is 7.19. The van der Waals surface area contributed by atoms with E-state index in [2.05, 4.69) is 15.5 Å². The van der Waals surface area contributed by atoms with Gasteiger partial charge in [0.1, 0.15) is 5.01 Å². The van der Waals surface area contributed by atoms with Crippen molar-refractivity contribution in [3.8, 4) is 6.07 Å². The average Bonchev–Trinajstić information content (AvgIpc) is 3.00. The molecule has 0 radical (unpaired) electrons. The van der Waals surface area contributed by atoms with Crippen molar-refractivity contribution in [3.05, 3.63) is 45.4 Å². The zero-order chi connectivity index (χ0) is 16.9. The van der Waals surface area contributed by atoms with Crippen LogP contribution in [0.5, 0.6) is 0 Å². The second-order valence-electron chi connectivity index (χ2n) is 4.58. The lowest BCUT2D eigenvalue weighted by Gasteiger charge is -2.03. The number of amides is 1. The molecule has 0 saturated carbocycles. The van der Waals surface area contributed by atoms with E-state index in [1.165, 1.54) is 0 Å². The van der Waals surface area contributed by atoms with Crippen LogP contribution in [0.2, 0.25) is 0 Å². The van der Waals surface area contributed by atoms with Crippen LogP contribution in [0.15, 0.2) is 24.3 Å². The third-order valence-corrected chi connectivity index (χ3v) is 3.84. The fraction of sp³-hybridized carbons (Fsp3) is 0.286. The zero-order valence-electron chi connectivity index (χ0n) is 11.7. The van der Waals surface area contributed by atoms with Crippen molar-refractivity contribution in [3.63, 3.8) is 0 Å². The number of carbonyl (C=O) groups is 1. The molecule has 23 heavy (non-hydrogen) atoms. The molecule has 0 bridgehead atoms. The standard InChI is InChI=1S/C14H11F3N4OS/c15-14(16,17)13-21-20-12(23-13)8-19-11(22)6-5-9-1-3-10(7-18)4-2-9/h1-4H,5-6,8H2,(H,19,22).